The van der Waals surface area contributed by atoms with E-state index in [0.29, 0.717) is 11.3 Å². The van der Waals surface area contributed by atoms with Crippen molar-refractivity contribution in [3.8, 4) is 0 Å². The monoisotopic (exact) mass is 130 g/mol. The number of allylic oxidation sites excluding steroid dienone is 1. The van der Waals surface area contributed by atoms with Gasteiger partial charge in [0.15, 0.2) is 5.78 Å². The Bertz CT molecular complexity index is 139. The topological polar surface area (TPSA) is 37.3 Å². The van der Waals surface area contributed by atoms with Gasteiger partial charge in [-0.15, -0.1) is 11.8 Å². The molecule has 1 aliphatic rings. The zero-order valence-corrected chi connectivity index (χ0v) is 5.07. The van der Waals surface area contributed by atoms with Gasteiger partial charge in [-0.25, -0.2) is 0 Å². The molecule has 1 fully saturated rings. The van der Waals surface area contributed by atoms with E-state index in [1.807, 2.05) is 0 Å². The zero-order chi connectivity index (χ0) is 5.98. The molecule has 1 heterocycles. The van der Waals surface area contributed by atoms with Crippen LogP contribution in [0.4, 0.5) is 0 Å². The van der Waals surface area contributed by atoms with Gasteiger partial charge in [0.05, 0.1) is 11.2 Å². The Morgan fingerprint density at radius 3 is 2.75 bits per heavy atom. The molecular weight excluding hydrogens is 124 g/mol. The second-order valence-corrected chi connectivity index (χ2v) is 2.65. The summed E-state index contributed by atoms with van der Waals surface area (Å²) in [7, 11) is 0. The SMILES string of the molecule is O=C1CCS/C1=C/O. The molecule has 1 rings (SSSR count). The summed E-state index contributed by atoms with van der Waals surface area (Å²) >= 11 is 1.41. The van der Waals surface area contributed by atoms with E-state index < -0.39 is 0 Å². The van der Waals surface area contributed by atoms with Crippen molar-refractivity contribution in [1.82, 2.24) is 0 Å². The van der Waals surface area contributed by atoms with Crippen molar-refractivity contribution < 1.29 is 9.90 Å². The van der Waals surface area contributed by atoms with E-state index in [1.165, 1.54) is 11.8 Å². The third-order valence-electron chi connectivity index (χ3n) is 0.979. The molecule has 44 valence electrons. The van der Waals surface area contributed by atoms with Gasteiger partial charge in [0.2, 0.25) is 0 Å². The Hall–Kier alpha value is -0.440. The van der Waals surface area contributed by atoms with E-state index in [9.17, 15) is 4.79 Å². The van der Waals surface area contributed by atoms with E-state index in [4.69, 9.17) is 5.11 Å². The van der Waals surface area contributed by atoms with Crippen molar-refractivity contribution in [1.29, 1.82) is 0 Å². The fourth-order valence-electron chi connectivity index (χ4n) is 0.567. The van der Waals surface area contributed by atoms with Crippen molar-refractivity contribution >= 4 is 17.5 Å². The number of carbonyl (C=O) groups is 1. The molecule has 0 spiro atoms. The third-order valence-corrected chi connectivity index (χ3v) is 2.03. The number of aliphatic hydroxyl groups is 1. The number of ketones is 1. The lowest BCUT2D eigenvalue weighted by Crippen LogP contribution is -1.88. The van der Waals surface area contributed by atoms with Crippen LogP contribution in [0.1, 0.15) is 6.42 Å². The maximum Gasteiger partial charge on any atom is 0.173 e. The van der Waals surface area contributed by atoms with Gasteiger partial charge in [-0.3, -0.25) is 4.79 Å². The lowest BCUT2D eigenvalue weighted by molar-refractivity contribution is -0.114. The minimum Gasteiger partial charge on any atom is -0.514 e. The smallest absolute Gasteiger partial charge is 0.173 e. The van der Waals surface area contributed by atoms with Crippen LogP contribution in [0.5, 0.6) is 0 Å². The number of Topliss-reactive ketones (excluding diaryl/α,β-unsaturated/α-hetero) is 1. The summed E-state index contributed by atoms with van der Waals surface area (Å²) in [4.78, 5) is 11.1. The molecule has 3 heteroatoms. The standard InChI is InChI=1S/C5H6O2S/c6-3-5-4(7)1-2-8-5/h3,6H,1-2H2/b5-3+. The zero-order valence-electron chi connectivity index (χ0n) is 4.26. The largest absolute Gasteiger partial charge is 0.514 e. The number of thioether (sulfide) groups is 1. The molecule has 0 aliphatic carbocycles. The Balaban J connectivity index is 2.69. The lowest BCUT2D eigenvalue weighted by Gasteiger charge is -1.83. The average Bonchev–Trinajstić information content (AvgIpc) is 2.14. The molecule has 2 nitrogen and oxygen atoms in total. The predicted molar refractivity (Wildman–Crippen MR) is 32.8 cm³/mol. The minimum absolute atomic E-state index is 0.0671. The maximum absolute atomic E-state index is 10.6. The van der Waals surface area contributed by atoms with Crippen molar-refractivity contribution in [2.24, 2.45) is 0 Å². The van der Waals surface area contributed by atoms with Gasteiger partial charge in [0.25, 0.3) is 0 Å². The molecule has 8 heavy (non-hydrogen) atoms. The average molecular weight is 130 g/mol. The van der Waals surface area contributed by atoms with E-state index in [-0.39, 0.29) is 5.78 Å². The summed E-state index contributed by atoms with van der Waals surface area (Å²) in [5, 5.41) is 8.33. The van der Waals surface area contributed by atoms with Crippen LogP contribution in [-0.2, 0) is 4.79 Å². The van der Waals surface area contributed by atoms with E-state index in [1.54, 1.807) is 0 Å². The highest BCUT2D eigenvalue weighted by atomic mass is 32.2. The summed E-state index contributed by atoms with van der Waals surface area (Å²) in [6.45, 7) is 0. The minimum atomic E-state index is 0.0671. The Morgan fingerprint density at radius 2 is 2.50 bits per heavy atom. The first-order chi connectivity index (χ1) is 3.84. The third kappa shape index (κ3) is 0.865. The first-order valence-electron chi connectivity index (χ1n) is 2.35. The van der Waals surface area contributed by atoms with Gasteiger partial charge >= 0.3 is 0 Å². The van der Waals surface area contributed by atoms with Gasteiger partial charge in [0.1, 0.15) is 0 Å². The quantitative estimate of drug-likeness (QED) is 0.394. The molecule has 0 aromatic heterocycles. The van der Waals surface area contributed by atoms with E-state index in [0.717, 1.165) is 12.0 Å². The molecule has 1 saturated heterocycles. The van der Waals surface area contributed by atoms with Gasteiger partial charge < -0.3 is 5.11 Å². The number of hydrogen-bond acceptors (Lipinski definition) is 3. The van der Waals surface area contributed by atoms with Gasteiger partial charge in [-0.05, 0) is 0 Å². The highest BCUT2D eigenvalue weighted by molar-refractivity contribution is 8.04. The second-order valence-electron chi connectivity index (χ2n) is 1.51. The van der Waals surface area contributed by atoms with Crippen molar-refractivity contribution in [2.75, 3.05) is 5.75 Å². The highest BCUT2D eigenvalue weighted by Crippen LogP contribution is 2.25. The number of rotatable bonds is 0. The Kier molecular flexibility index (Phi) is 1.58. The first kappa shape index (κ1) is 5.69. The fourth-order valence-corrected chi connectivity index (χ4v) is 1.41. The summed E-state index contributed by atoms with van der Waals surface area (Å²) in [6.07, 6.45) is 1.47. The van der Waals surface area contributed by atoms with Crippen LogP contribution < -0.4 is 0 Å². The van der Waals surface area contributed by atoms with Crippen LogP contribution in [0.25, 0.3) is 0 Å². The van der Waals surface area contributed by atoms with Crippen molar-refractivity contribution in [3.05, 3.63) is 11.2 Å². The van der Waals surface area contributed by atoms with Crippen LogP contribution in [0.2, 0.25) is 0 Å². The summed E-state index contributed by atoms with van der Waals surface area (Å²) < 4.78 is 0. The van der Waals surface area contributed by atoms with Crippen LogP contribution in [-0.4, -0.2) is 16.6 Å². The van der Waals surface area contributed by atoms with Gasteiger partial charge in [0, 0.05) is 12.2 Å². The van der Waals surface area contributed by atoms with Crippen LogP contribution in [0.3, 0.4) is 0 Å². The van der Waals surface area contributed by atoms with Crippen molar-refractivity contribution in [2.45, 2.75) is 6.42 Å². The number of aliphatic hydroxyl groups excluding tert-OH is 1. The second kappa shape index (κ2) is 2.22. The molecule has 0 aromatic rings. The molecular formula is C5H6O2S. The molecule has 0 bridgehead atoms. The first-order valence-corrected chi connectivity index (χ1v) is 3.33. The maximum atomic E-state index is 10.6. The predicted octanol–water partition coefficient (Wildman–Crippen LogP) is 1.09. The molecule has 1 aliphatic heterocycles. The number of carbonyl (C=O) groups excluding carboxylic acids is 1. The highest BCUT2D eigenvalue weighted by Gasteiger charge is 2.16. The Morgan fingerprint density at radius 1 is 1.75 bits per heavy atom. The Labute approximate surface area is 51.6 Å². The van der Waals surface area contributed by atoms with Crippen LogP contribution in [0, 0.1) is 0 Å². The molecule has 0 amide bonds. The summed E-state index contributed by atoms with van der Waals surface area (Å²) in [5.74, 6) is 0.892. The van der Waals surface area contributed by atoms with E-state index >= 15 is 0 Å². The summed E-state index contributed by atoms with van der Waals surface area (Å²) in [5.41, 5.74) is 0. The van der Waals surface area contributed by atoms with Crippen LogP contribution in [0.15, 0.2) is 11.2 Å². The van der Waals surface area contributed by atoms with Crippen molar-refractivity contribution in [3.63, 3.8) is 0 Å². The van der Waals surface area contributed by atoms with Gasteiger partial charge in [-0.2, -0.15) is 0 Å². The fraction of sp³-hybridized carbons (Fsp3) is 0.400. The normalized spacial score (nSPS) is 25.0. The molecule has 0 saturated carbocycles. The van der Waals surface area contributed by atoms with Gasteiger partial charge in [-0.1, -0.05) is 0 Å². The molecule has 0 radical (unpaired) electrons. The number of hydrogen-bond donors (Lipinski definition) is 1. The molecule has 1 N–H and O–H groups in total. The molecule has 0 aromatic carbocycles. The molecule has 0 unspecified atom stereocenters. The lowest BCUT2D eigenvalue weighted by atomic mass is 10.3. The van der Waals surface area contributed by atoms with Crippen LogP contribution >= 0.6 is 11.8 Å². The molecule has 0 atom stereocenters. The van der Waals surface area contributed by atoms with E-state index in [2.05, 4.69) is 0 Å². The summed E-state index contributed by atoms with van der Waals surface area (Å²) in [6, 6.07) is 0.